The van der Waals surface area contributed by atoms with Crippen LogP contribution in [0.15, 0.2) is 27.8 Å². The van der Waals surface area contributed by atoms with Gasteiger partial charge in [0.1, 0.15) is 18.2 Å². The van der Waals surface area contributed by atoms with E-state index in [1.165, 1.54) is 18.2 Å². The summed E-state index contributed by atoms with van der Waals surface area (Å²) in [4.78, 5) is 15.5. The second-order valence-electron chi connectivity index (χ2n) is 5.62. The van der Waals surface area contributed by atoms with Gasteiger partial charge in [-0.2, -0.15) is 0 Å². The van der Waals surface area contributed by atoms with E-state index in [0.717, 1.165) is 6.26 Å². The van der Waals surface area contributed by atoms with Gasteiger partial charge in [-0.1, -0.05) is 0 Å². The second kappa shape index (κ2) is 8.58. The summed E-state index contributed by atoms with van der Waals surface area (Å²) in [7, 11) is -3.40. The Bertz CT molecular complexity index is 957. The molecule has 10 nitrogen and oxygen atoms in total. The highest BCUT2D eigenvalue weighted by Crippen LogP contribution is 2.19. The Labute approximate surface area is 154 Å². The minimum atomic E-state index is -3.40. The minimum absolute atomic E-state index is 0.0281. The van der Waals surface area contributed by atoms with E-state index in [9.17, 15) is 17.6 Å². The summed E-state index contributed by atoms with van der Waals surface area (Å²) in [6.07, 6.45) is 0.959. The van der Waals surface area contributed by atoms with E-state index < -0.39 is 21.5 Å². The van der Waals surface area contributed by atoms with Gasteiger partial charge in [0.05, 0.1) is 12.2 Å². The van der Waals surface area contributed by atoms with Gasteiger partial charge in [-0.25, -0.2) is 22.4 Å². The third kappa shape index (κ3) is 6.33. The average molecular weight is 399 g/mol. The topological polar surface area (TPSA) is 150 Å². The van der Waals surface area contributed by atoms with E-state index in [-0.39, 0.29) is 36.4 Å². The molecule has 1 aromatic heterocycles. The molecule has 1 heterocycles. The maximum atomic E-state index is 13.3. The molecule has 0 radical (unpaired) electrons. The van der Waals surface area contributed by atoms with Crippen LogP contribution in [-0.2, 0) is 14.6 Å². The van der Waals surface area contributed by atoms with Crippen molar-refractivity contribution in [2.75, 3.05) is 25.2 Å². The third-order valence-corrected chi connectivity index (χ3v) is 3.93. The SMILES string of the molecule is Cc1cc(N=C(N)c2nonc2OCCNC(=O)CS(C)(=O)=O)ccc1F. The predicted octanol–water partition coefficient (Wildman–Crippen LogP) is 0.0937. The zero-order valence-electron chi connectivity index (χ0n) is 14.6. The Morgan fingerprint density at radius 2 is 2.15 bits per heavy atom. The van der Waals surface area contributed by atoms with Crippen molar-refractivity contribution in [1.82, 2.24) is 15.6 Å². The third-order valence-electron chi connectivity index (χ3n) is 3.15. The highest BCUT2D eigenvalue weighted by atomic mass is 32.2. The number of amidine groups is 1. The number of hydrogen-bond donors (Lipinski definition) is 2. The van der Waals surface area contributed by atoms with Gasteiger partial charge < -0.3 is 15.8 Å². The van der Waals surface area contributed by atoms with E-state index in [0.29, 0.717) is 11.3 Å². The van der Waals surface area contributed by atoms with Crippen molar-refractivity contribution < 1.29 is 27.0 Å². The van der Waals surface area contributed by atoms with Crippen molar-refractivity contribution in [3.63, 3.8) is 0 Å². The summed E-state index contributed by atoms with van der Waals surface area (Å²) < 4.78 is 45.2. The fourth-order valence-electron chi connectivity index (χ4n) is 1.95. The van der Waals surface area contributed by atoms with Crippen LogP contribution in [0.25, 0.3) is 0 Å². The largest absolute Gasteiger partial charge is 0.472 e. The van der Waals surface area contributed by atoms with Crippen LogP contribution in [0.3, 0.4) is 0 Å². The van der Waals surface area contributed by atoms with Gasteiger partial charge in [0.25, 0.3) is 5.88 Å². The summed E-state index contributed by atoms with van der Waals surface area (Å²) in [5, 5.41) is 9.54. The number of halogens is 1. The number of carbonyl (C=O) groups is 1. The first kappa shape index (κ1) is 20.3. The molecule has 0 saturated heterocycles. The number of carbonyl (C=O) groups excluding carboxylic acids is 1. The predicted molar refractivity (Wildman–Crippen MR) is 94.0 cm³/mol. The first-order chi connectivity index (χ1) is 12.7. The summed E-state index contributed by atoms with van der Waals surface area (Å²) in [6, 6.07) is 4.22. The summed E-state index contributed by atoms with van der Waals surface area (Å²) in [6.45, 7) is 1.60. The normalized spacial score (nSPS) is 12.0. The quantitative estimate of drug-likeness (QED) is 0.360. The number of hydrogen-bond acceptors (Lipinski definition) is 8. The molecule has 0 bridgehead atoms. The van der Waals surface area contributed by atoms with Gasteiger partial charge in [-0.15, -0.1) is 0 Å². The molecule has 2 rings (SSSR count). The van der Waals surface area contributed by atoms with Crippen LogP contribution in [0.5, 0.6) is 5.88 Å². The zero-order valence-corrected chi connectivity index (χ0v) is 15.4. The van der Waals surface area contributed by atoms with Crippen molar-refractivity contribution in [2.45, 2.75) is 6.92 Å². The molecule has 0 atom stereocenters. The fourth-order valence-corrected chi connectivity index (χ4v) is 2.53. The standard InChI is InChI=1S/C15H18FN5O5S/c1-9-7-10(3-4-11(9)16)19-14(17)13-15(21-26-20-13)25-6-5-18-12(22)8-27(2,23)24/h3-4,7H,5-6,8H2,1-2H3,(H2,17,19)(H,18,22). The van der Waals surface area contributed by atoms with E-state index in [4.69, 9.17) is 10.5 Å². The zero-order chi connectivity index (χ0) is 20.0. The molecule has 1 aromatic carbocycles. The number of sulfone groups is 1. The number of nitrogens with two attached hydrogens (primary N) is 1. The molecule has 146 valence electrons. The van der Waals surface area contributed by atoms with E-state index in [1.54, 1.807) is 6.92 Å². The first-order valence-corrected chi connectivity index (χ1v) is 9.72. The fraction of sp³-hybridized carbons (Fsp3) is 0.333. The highest BCUT2D eigenvalue weighted by molar-refractivity contribution is 7.91. The molecule has 27 heavy (non-hydrogen) atoms. The lowest BCUT2D eigenvalue weighted by molar-refractivity contribution is -0.118. The maximum absolute atomic E-state index is 13.3. The molecule has 1 amide bonds. The molecule has 2 aromatic rings. The number of amides is 1. The Morgan fingerprint density at radius 1 is 1.41 bits per heavy atom. The summed E-state index contributed by atoms with van der Waals surface area (Å²) >= 11 is 0. The molecule has 0 aliphatic carbocycles. The van der Waals surface area contributed by atoms with Crippen LogP contribution in [0.2, 0.25) is 0 Å². The number of rotatable bonds is 8. The molecule has 0 aliphatic heterocycles. The number of aromatic nitrogens is 2. The van der Waals surface area contributed by atoms with Gasteiger partial charge in [0, 0.05) is 6.26 Å². The number of benzene rings is 1. The molecule has 0 fully saturated rings. The van der Waals surface area contributed by atoms with Crippen molar-refractivity contribution in [1.29, 1.82) is 0 Å². The van der Waals surface area contributed by atoms with Crippen molar-refractivity contribution >= 4 is 27.3 Å². The molecule has 0 spiro atoms. The monoisotopic (exact) mass is 399 g/mol. The minimum Gasteiger partial charge on any atom is -0.472 e. The van der Waals surface area contributed by atoms with Crippen LogP contribution in [-0.4, -0.2) is 55.6 Å². The second-order valence-corrected chi connectivity index (χ2v) is 7.76. The van der Waals surface area contributed by atoms with Gasteiger partial charge in [0.15, 0.2) is 15.7 Å². The van der Waals surface area contributed by atoms with Gasteiger partial charge >= 0.3 is 0 Å². The average Bonchev–Trinajstić information content (AvgIpc) is 3.02. The molecule has 0 saturated carbocycles. The Hall–Kier alpha value is -3.02. The summed E-state index contributed by atoms with van der Waals surface area (Å²) in [5.74, 6) is -1.73. The smallest absolute Gasteiger partial charge is 0.287 e. The van der Waals surface area contributed by atoms with E-state index in [2.05, 4.69) is 25.3 Å². The number of ether oxygens (including phenoxy) is 1. The van der Waals surface area contributed by atoms with Crippen LogP contribution >= 0.6 is 0 Å². The summed E-state index contributed by atoms with van der Waals surface area (Å²) in [5.41, 5.74) is 6.72. The van der Waals surface area contributed by atoms with Crippen molar-refractivity contribution in [3.05, 3.63) is 35.3 Å². The molecule has 3 N–H and O–H groups in total. The number of nitrogens with zero attached hydrogens (tertiary/aromatic N) is 3. The number of aliphatic imine (C=N–C) groups is 1. The van der Waals surface area contributed by atoms with E-state index in [1.807, 2.05) is 0 Å². The molecular weight excluding hydrogens is 381 g/mol. The Morgan fingerprint density at radius 3 is 2.81 bits per heavy atom. The lowest BCUT2D eigenvalue weighted by Crippen LogP contribution is -2.33. The molecule has 0 unspecified atom stereocenters. The lowest BCUT2D eigenvalue weighted by Gasteiger charge is -2.06. The number of nitrogens with one attached hydrogen (secondary N) is 1. The van der Waals surface area contributed by atoms with Crippen LogP contribution in [0, 0.1) is 12.7 Å². The van der Waals surface area contributed by atoms with Crippen molar-refractivity contribution in [3.8, 4) is 5.88 Å². The highest BCUT2D eigenvalue weighted by Gasteiger charge is 2.16. The molecule has 0 aliphatic rings. The molecule has 12 heteroatoms. The first-order valence-electron chi connectivity index (χ1n) is 7.66. The maximum Gasteiger partial charge on any atom is 0.287 e. The van der Waals surface area contributed by atoms with Gasteiger partial charge in [-0.3, -0.25) is 4.79 Å². The van der Waals surface area contributed by atoms with Crippen LogP contribution in [0.1, 0.15) is 11.3 Å². The van der Waals surface area contributed by atoms with Crippen LogP contribution < -0.4 is 15.8 Å². The Kier molecular flexibility index (Phi) is 6.45. The van der Waals surface area contributed by atoms with E-state index >= 15 is 0 Å². The Balaban J connectivity index is 1.95. The van der Waals surface area contributed by atoms with Crippen molar-refractivity contribution in [2.24, 2.45) is 10.7 Å². The van der Waals surface area contributed by atoms with Gasteiger partial charge in [0.2, 0.25) is 11.6 Å². The molecular formula is C15H18FN5O5S. The van der Waals surface area contributed by atoms with Gasteiger partial charge in [-0.05, 0) is 41.0 Å². The van der Waals surface area contributed by atoms with Crippen LogP contribution in [0.4, 0.5) is 10.1 Å². The lowest BCUT2D eigenvalue weighted by atomic mass is 10.2. The number of aryl methyl sites for hydroxylation is 1.